The summed E-state index contributed by atoms with van der Waals surface area (Å²) in [6.45, 7) is 2.54. The van der Waals surface area contributed by atoms with E-state index in [0.29, 0.717) is 24.4 Å². The van der Waals surface area contributed by atoms with E-state index in [1.54, 1.807) is 4.90 Å². The quantitative estimate of drug-likeness (QED) is 0.404. The van der Waals surface area contributed by atoms with Crippen molar-refractivity contribution in [2.45, 2.75) is 25.8 Å². The van der Waals surface area contributed by atoms with Gasteiger partial charge >= 0.3 is 6.03 Å². The molecule has 0 aliphatic carbocycles. The van der Waals surface area contributed by atoms with Crippen molar-refractivity contribution >= 4 is 22.8 Å². The minimum absolute atomic E-state index is 0.0672. The van der Waals surface area contributed by atoms with Crippen molar-refractivity contribution in [3.63, 3.8) is 0 Å². The standard InChI is InChI=1S/C25H21F2N3O2/c1-15-4-2-5-16(12-15)17-7-10-23-21(13-17)28-24(32-23)22-6-3-11-30(22)25(31)29-20-9-8-18(26)14-19(20)27/h2,4-5,7-10,12-14,22H,3,6,11H2,1H3,(H,29,31). The van der Waals surface area contributed by atoms with Gasteiger partial charge in [0.05, 0.1) is 5.69 Å². The first-order valence-corrected chi connectivity index (χ1v) is 10.5. The number of carbonyl (C=O) groups is 1. The second-order valence-electron chi connectivity index (χ2n) is 8.01. The maximum absolute atomic E-state index is 14.0. The van der Waals surface area contributed by atoms with E-state index in [2.05, 4.69) is 16.4 Å². The Morgan fingerprint density at radius 1 is 1.09 bits per heavy atom. The molecule has 1 aliphatic heterocycles. The maximum Gasteiger partial charge on any atom is 0.322 e. The Morgan fingerprint density at radius 3 is 2.75 bits per heavy atom. The molecule has 1 unspecified atom stereocenters. The monoisotopic (exact) mass is 433 g/mol. The zero-order valence-corrected chi connectivity index (χ0v) is 17.4. The van der Waals surface area contributed by atoms with Crippen LogP contribution in [0.4, 0.5) is 19.3 Å². The molecule has 162 valence electrons. The Hall–Kier alpha value is -3.74. The molecule has 4 aromatic rings. The van der Waals surface area contributed by atoms with Crippen LogP contribution >= 0.6 is 0 Å². The summed E-state index contributed by atoms with van der Waals surface area (Å²) >= 11 is 0. The summed E-state index contributed by atoms with van der Waals surface area (Å²) < 4.78 is 33.1. The smallest absolute Gasteiger partial charge is 0.322 e. The van der Waals surface area contributed by atoms with Crippen LogP contribution in [-0.4, -0.2) is 22.5 Å². The van der Waals surface area contributed by atoms with Gasteiger partial charge in [0.25, 0.3) is 0 Å². The molecule has 2 heterocycles. The van der Waals surface area contributed by atoms with E-state index in [-0.39, 0.29) is 11.7 Å². The van der Waals surface area contributed by atoms with Crippen molar-refractivity contribution in [2.75, 3.05) is 11.9 Å². The summed E-state index contributed by atoms with van der Waals surface area (Å²) in [6.07, 6.45) is 1.47. The SMILES string of the molecule is Cc1cccc(-c2ccc3oc(C4CCCN4C(=O)Nc4ccc(F)cc4F)nc3c2)c1. The van der Waals surface area contributed by atoms with E-state index in [1.165, 1.54) is 11.6 Å². The third kappa shape index (κ3) is 3.82. The van der Waals surface area contributed by atoms with E-state index < -0.39 is 17.7 Å². The molecule has 5 rings (SSSR count). The fourth-order valence-electron chi connectivity index (χ4n) is 4.14. The first-order valence-electron chi connectivity index (χ1n) is 10.5. The molecular weight excluding hydrogens is 412 g/mol. The van der Waals surface area contributed by atoms with Crippen LogP contribution in [0.15, 0.2) is 65.1 Å². The van der Waals surface area contributed by atoms with Crippen LogP contribution in [0.3, 0.4) is 0 Å². The van der Waals surface area contributed by atoms with E-state index in [9.17, 15) is 13.6 Å². The highest BCUT2D eigenvalue weighted by Crippen LogP contribution is 2.35. The summed E-state index contributed by atoms with van der Waals surface area (Å²) in [5.41, 5.74) is 4.61. The number of amides is 2. The molecule has 3 aromatic carbocycles. The number of halogens is 2. The van der Waals surface area contributed by atoms with Gasteiger partial charge in [-0.2, -0.15) is 0 Å². The van der Waals surface area contributed by atoms with Gasteiger partial charge in [0.15, 0.2) is 5.58 Å². The lowest BCUT2D eigenvalue weighted by Gasteiger charge is -2.22. The van der Waals surface area contributed by atoms with Gasteiger partial charge in [-0.25, -0.2) is 18.6 Å². The van der Waals surface area contributed by atoms with Crippen molar-refractivity contribution < 1.29 is 18.0 Å². The second kappa shape index (κ2) is 8.07. The number of anilines is 1. The molecule has 0 spiro atoms. The molecule has 0 bridgehead atoms. The predicted octanol–water partition coefficient (Wildman–Crippen LogP) is 6.45. The molecule has 1 saturated heterocycles. The molecule has 7 heteroatoms. The average molecular weight is 433 g/mol. The molecule has 2 amide bonds. The summed E-state index contributed by atoms with van der Waals surface area (Å²) in [6, 6.07) is 16.3. The molecule has 1 atom stereocenters. The van der Waals surface area contributed by atoms with Crippen molar-refractivity contribution in [3.05, 3.63) is 83.8 Å². The third-order valence-corrected chi connectivity index (χ3v) is 5.73. The predicted molar refractivity (Wildman–Crippen MR) is 118 cm³/mol. The number of nitrogens with one attached hydrogen (secondary N) is 1. The molecule has 1 aromatic heterocycles. The van der Waals surface area contributed by atoms with E-state index in [4.69, 9.17) is 4.42 Å². The summed E-state index contributed by atoms with van der Waals surface area (Å²) in [7, 11) is 0. The van der Waals surface area contributed by atoms with Crippen LogP contribution in [0.2, 0.25) is 0 Å². The van der Waals surface area contributed by atoms with Crippen molar-refractivity contribution in [2.24, 2.45) is 0 Å². The van der Waals surface area contributed by atoms with Crippen LogP contribution in [0, 0.1) is 18.6 Å². The zero-order chi connectivity index (χ0) is 22.2. The van der Waals surface area contributed by atoms with Crippen LogP contribution in [0.1, 0.15) is 30.3 Å². The highest BCUT2D eigenvalue weighted by Gasteiger charge is 2.34. The average Bonchev–Trinajstić information content (AvgIpc) is 3.42. The molecule has 5 nitrogen and oxygen atoms in total. The fraction of sp³-hybridized carbons (Fsp3) is 0.200. The minimum atomic E-state index is -0.820. The molecule has 0 radical (unpaired) electrons. The second-order valence-corrected chi connectivity index (χ2v) is 8.01. The third-order valence-electron chi connectivity index (χ3n) is 5.73. The van der Waals surface area contributed by atoms with Crippen molar-refractivity contribution in [1.29, 1.82) is 0 Å². The van der Waals surface area contributed by atoms with Crippen molar-refractivity contribution in [1.82, 2.24) is 9.88 Å². The van der Waals surface area contributed by atoms with Crippen LogP contribution in [0.25, 0.3) is 22.2 Å². The molecule has 32 heavy (non-hydrogen) atoms. The Morgan fingerprint density at radius 2 is 1.94 bits per heavy atom. The summed E-state index contributed by atoms with van der Waals surface area (Å²) in [5.74, 6) is -1.07. The number of likely N-dealkylation sites (tertiary alicyclic amines) is 1. The highest BCUT2D eigenvalue weighted by atomic mass is 19.1. The number of hydrogen-bond donors (Lipinski definition) is 1. The van der Waals surface area contributed by atoms with Crippen LogP contribution in [0.5, 0.6) is 0 Å². The van der Waals surface area contributed by atoms with Gasteiger partial charge in [-0.15, -0.1) is 0 Å². The van der Waals surface area contributed by atoms with Crippen LogP contribution < -0.4 is 5.32 Å². The normalized spacial score (nSPS) is 16.0. The largest absolute Gasteiger partial charge is 0.438 e. The first kappa shape index (κ1) is 20.2. The maximum atomic E-state index is 14.0. The number of hydrogen-bond acceptors (Lipinski definition) is 3. The molecular formula is C25H21F2N3O2. The van der Waals surface area contributed by atoms with Crippen LogP contribution in [-0.2, 0) is 0 Å². The molecule has 1 aliphatic rings. The van der Waals surface area contributed by atoms with E-state index in [0.717, 1.165) is 35.2 Å². The molecule has 0 saturated carbocycles. The molecule has 1 fully saturated rings. The minimum Gasteiger partial charge on any atom is -0.438 e. The van der Waals surface area contributed by atoms with Gasteiger partial charge in [-0.05, 0) is 55.2 Å². The first-order chi connectivity index (χ1) is 15.5. The van der Waals surface area contributed by atoms with E-state index in [1.807, 2.05) is 43.3 Å². The summed E-state index contributed by atoms with van der Waals surface area (Å²) in [4.78, 5) is 19.0. The lowest BCUT2D eigenvalue weighted by atomic mass is 10.0. The van der Waals surface area contributed by atoms with Gasteiger partial charge in [0.2, 0.25) is 5.89 Å². The zero-order valence-electron chi connectivity index (χ0n) is 17.4. The Bertz CT molecular complexity index is 1320. The lowest BCUT2D eigenvalue weighted by Crippen LogP contribution is -2.34. The number of aryl methyl sites for hydroxylation is 1. The summed E-state index contributed by atoms with van der Waals surface area (Å²) in [5, 5.41) is 2.52. The van der Waals surface area contributed by atoms with Gasteiger partial charge in [-0.3, -0.25) is 0 Å². The lowest BCUT2D eigenvalue weighted by molar-refractivity contribution is 0.198. The number of oxazole rings is 1. The molecule has 1 N–H and O–H groups in total. The number of carbonyl (C=O) groups excluding carboxylic acids is 1. The highest BCUT2D eigenvalue weighted by molar-refractivity contribution is 5.90. The number of rotatable bonds is 3. The van der Waals surface area contributed by atoms with Gasteiger partial charge < -0.3 is 14.6 Å². The van der Waals surface area contributed by atoms with E-state index >= 15 is 0 Å². The topological polar surface area (TPSA) is 58.4 Å². The van der Waals surface area contributed by atoms with Gasteiger partial charge in [0.1, 0.15) is 23.2 Å². The van der Waals surface area contributed by atoms with Crippen molar-refractivity contribution in [3.8, 4) is 11.1 Å². The number of urea groups is 1. The van der Waals surface area contributed by atoms with Gasteiger partial charge in [-0.1, -0.05) is 35.9 Å². The Kier molecular flexibility index (Phi) is 5.09. The van der Waals surface area contributed by atoms with Gasteiger partial charge in [0, 0.05) is 12.6 Å². The number of fused-ring (bicyclic) bond motifs is 1. The number of benzene rings is 3. The fourth-order valence-corrected chi connectivity index (χ4v) is 4.14. The number of aromatic nitrogens is 1. The Balaban J connectivity index is 1.40. The Labute approximate surface area is 183 Å². The number of nitrogens with zero attached hydrogens (tertiary/aromatic N) is 2.